The molecule has 1 unspecified atom stereocenters. The fraction of sp³-hybridized carbons (Fsp3) is 0.500. The van der Waals surface area contributed by atoms with Gasteiger partial charge in [-0.2, -0.15) is 0 Å². The summed E-state index contributed by atoms with van der Waals surface area (Å²) in [5.41, 5.74) is 0.295. The maximum atomic E-state index is 13.5. The molecule has 0 aliphatic rings. The van der Waals surface area contributed by atoms with Gasteiger partial charge in [0.1, 0.15) is 5.82 Å². The number of halogens is 1. The smallest absolute Gasteiger partial charge is 0.319 e. The summed E-state index contributed by atoms with van der Waals surface area (Å²) in [5, 5.41) is 14.4. The molecule has 0 saturated carbocycles. The molecule has 0 aromatic heterocycles. The van der Waals surface area contributed by atoms with Gasteiger partial charge in [0, 0.05) is 0 Å². The Morgan fingerprint density at radius 1 is 1.47 bits per heavy atom. The van der Waals surface area contributed by atoms with Gasteiger partial charge in [-0.15, -0.1) is 0 Å². The lowest BCUT2D eigenvalue weighted by molar-refractivity contribution is 0.167. The van der Waals surface area contributed by atoms with Crippen LogP contribution in [0.5, 0.6) is 0 Å². The van der Waals surface area contributed by atoms with Crippen LogP contribution in [0.25, 0.3) is 0 Å². The summed E-state index contributed by atoms with van der Waals surface area (Å²) in [4.78, 5) is 11.8. The molecule has 0 spiro atoms. The molecule has 0 fully saturated rings. The summed E-state index contributed by atoms with van der Waals surface area (Å²) in [6.07, 6.45) is 1.48. The normalized spacial score (nSPS) is 13.7. The Bertz CT molecular complexity index is 451. The van der Waals surface area contributed by atoms with Gasteiger partial charge in [0.15, 0.2) is 0 Å². The minimum absolute atomic E-state index is 0.134. The van der Waals surface area contributed by atoms with E-state index in [0.717, 1.165) is 12.0 Å². The maximum absolute atomic E-state index is 13.5. The molecule has 19 heavy (non-hydrogen) atoms. The minimum atomic E-state index is -0.695. The zero-order chi connectivity index (χ0) is 14.5. The molecule has 0 heterocycles. The molecule has 0 aliphatic carbocycles. The predicted octanol–water partition coefficient (Wildman–Crippen LogP) is 2.81. The molecule has 3 N–H and O–H groups in total. The number of rotatable bonds is 5. The fourth-order valence-electron chi connectivity index (χ4n) is 1.90. The van der Waals surface area contributed by atoms with E-state index in [1.54, 1.807) is 19.1 Å². The number of aliphatic hydroxyl groups excluding tert-OH is 1. The third kappa shape index (κ3) is 4.52. The lowest BCUT2D eigenvalue weighted by atomic mass is 9.98. The van der Waals surface area contributed by atoms with Crippen molar-refractivity contribution in [3.8, 4) is 0 Å². The first kappa shape index (κ1) is 15.4. The molecule has 0 bridgehead atoms. The number of amides is 2. The zero-order valence-electron chi connectivity index (χ0n) is 11.6. The number of urea groups is 1. The molecule has 0 radical (unpaired) electrons. The summed E-state index contributed by atoms with van der Waals surface area (Å²) in [5.74, 6) is -0.484. The van der Waals surface area contributed by atoms with Gasteiger partial charge in [-0.05, 0) is 38.0 Å². The molecule has 106 valence electrons. The van der Waals surface area contributed by atoms with Gasteiger partial charge >= 0.3 is 6.03 Å². The number of anilines is 1. The average Bonchev–Trinajstić information content (AvgIpc) is 2.34. The molecule has 1 aromatic rings. The first-order valence-electron chi connectivity index (χ1n) is 6.36. The Labute approximate surface area is 113 Å². The number of benzene rings is 1. The lowest BCUT2D eigenvalue weighted by Crippen LogP contribution is -2.50. The summed E-state index contributed by atoms with van der Waals surface area (Å²) in [7, 11) is 0. The Morgan fingerprint density at radius 2 is 2.16 bits per heavy atom. The van der Waals surface area contributed by atoms with Crippen molar-refractivity contribution in [2.75, 3.05) is 11.9 Å². The van der Waals surface area contributed by atoms with E-state index in [1.165, 1.54) is 6.07 Å². The first-order valence-corrected chi connectivity index (χ1v) is 6.36. The largest absolute Gasteiger partial charge is 0.394 e. The van der Waals surface area contributed by atoms with Gasteiger partial charge in [0.05, 0.1) is 17.8 Å². The first-order chi connectivity index (χ1) is 8.90. The van der Waals surface area contributed by atoms with Crippen LogP contribution in [0, 0.1) is 12.7 Å². The third-order valence-electron chi connectivity index (χ3n) is 2.94. The molecule has 1 aromatic carbocycles. The van der Waals surface area contributed by atoms with Crippen molar-refractivity contribution in [3.63, 3.8) is 0 Å². The number of aliphatic hydroxyl groups is 1. The highest BCUT2D eigenvalue weighted by molar-refractivity contribution is 5.90. The van der Waals surface area contributed by atoms with Gasteiger partial charge in [0.2, 0.25) is 0 Å². The van der Waals surface area contributed by atoms with Gasteiger partial charge in [-0.3, -0.25) is 0 Å². The van der Waals surface area contributed by atoms with Crippen LogP contribution < -0.4 is 10.6 Å². The Morgan fingerprint density at radius 3 is 2.74 bits per heavy atom. The van der Waals surface area contributed by atoms with Crippen molar-refractivity contribution in [2.45, 2.75) is 39.2 Å². The Balaban J connectivity index is 2.72. The van der Waals surface area contributed by atoms with E-state index in [4.69, 9.17) is 0 Å². The van der Waals surface area contributed by atoms with Gasteiger partial charge in [-0.1, -0.05) is 19.4 Å². The van der Waals surface area contributed by atoms with E-state index in [0.29, 0.717) is 6.42 Å². The van der Waals surface area contributed by atoms with Gasteiger partial charge in [-0.25, -0.2) is 9.18 Å². The fourth-order valence-corrected chi connectivity index (χ4v) is 1.90. The van der Waals surface area contributed by atoms with Crippen LogP contribution in [-0.4, -0.2) is 23.3 Å². The zero-order valence-corrected chi connectivity index (χ0v) is 11.6. The van der Waals surface area contributed by atoms with Crippen molar-refractivity contribution in [1.29, 1.82) is 0 Å². The number of carbonyl (C=O) groups is 1. The quantitative estimate of drug-likeness (QED) is 0.769. The molecule has 0 aliphatic heterocycles. The van der Waals surface area contributed by atoms with Gasteiger partial charge < -0.3 is 15.7 Å². The standard InChI is InChI=1S/C14H21FN2O2/c1-4-7-14(3,9-18)17-13(19)16-12-8-10(2)5-6-11(12)15/h5-6,8,18H,4,7,9H2,1-3H3,(H2,16,17,19). The van der Waals surface area contributed by atoms with Crippen LogP contribution >= 0.6 is 0 Å². The highest BCUT2D eigenvalue weighted by Crippen LogP contribution is 2.16. The minimum Gasteiger partial charge on any atom is -0.394 e. The number of carbonyl (C=O) groups excluding carboxylic acids is 1. The van der Waals surface area contributed by atoms with Crippen LogP contribution in [0.3, 0.4) is 0 Å². The second-order valence-electron chi connectivity index (χ2n) is 5.03. The molecule has 0 saturated heterocycles. The number of nitrogens with one attached hydrogen (secondary N) is 2. The lowest BCUT2D eigenvalue weighted by Gasteiger charge is -2.28. The monoisotopic (exact) mass is 268 g/mol. The van der Waals surface area contributed by atoms with Crippen molar-refractivity contribution < 1.29 is 14.3 Å². The van der Waals surface area contributed by atoms with Crippen molar-refractivity contribution in [3.05, 3.63) is 29.6 Å². The van der Waals surface area contributed by atoms with Crippen LogP contribution in [0.1, 0.15) is 32.3 Å². The predicted molar refractivity (Wildman–Crippen MR) is 73.7 cm³/mol. The van der Waals surface area contributed by atoms with Crippen LogP contribution in [0.4, 0.5) is 14.9 Å². The molecule has 1 rings (SSSR count). The number of aryl methyl sites for hydroxylation is 1. The van der Waals surface area contributed by atoms with E-state index in [9.17, 15) is 14.3 Å². The summed E-state index contributed by atoms with van der Waals surface area (Å²) < 4.78 is 13.5. The highest BCUT2D eigenvalue weighted by Gasteiger charge is 2.24. The molecule has 2 amide bonds. The Hall–Kier alpha value is -1.62. The van der Waals surface area contributed by atoms with Crippen LogP contribution in [-0.2, 0) is 0 Å². The second kappa shape index (κ2) is 6.52. The third-order valence-corrected chi connectivity index (χ3v) is 2.94. The molecular weight excluding hydrogens is 247 g/mol. The second-order valence-corrected chi connectivity index (χ2v) is 5.03. The van der Waals surface area contributed by atoms with Crippen molar-refractivity contribution >= 4 is 11.7 Å². The number of hydrogen-bond donors (Lipinski definition) is 3. The van der Waals surface area contributed by atoms with Crippen LogP contribution in [0.2, 0.25) is 0 Å². The van der Waals surface area contributed by atoms with E-state index < -0.39 is 17.4 Å². The highest BCUT2D eigenvalue weighted by atomic mass is 19.1. The molecular formula is C14H21FN2O2. The topological polar surface area (TPSA) is 61.4 Å². The summed E-state index contributed by atoms with van der Waals surface area (Å²) in [6.45, 7) is 5.37. The summed E-state index contributed by atoms with van der Waals surface area (Å²) >= 11 is 0. The molecule has 1 atom stereocenters. The molecule has 4 nitrogen and oxygen atoms in total. The maximum Gasteiger partial charge on any atom is 0.319 e. The van der Waals surface area contributed by atoms with Gasteiger partial charge in [0.25, 0.3) is 0 Å². The summed E-state index contributed by atoms with van der Waals surface area (Å²) in [6, 6.07) is 3.98. The van der Waals surface area contributed by atoms with E-state index in [-0.39, 0.29) is 12.3 Å². The van der Waals surface area contributed by atoms with Crippen LogP contribution in [0.15, 0.2) is 18.2 Å². The van der Waals surface area contributed by atoms with Crippen molar-refractivity contribution in [2.24, 2.45) is 0 Å². The SMILES string of the molecule is CCCC(C)(CO)NC(=O)Nc1cc(C)ccc1F. The van der Waals surface area contributed by atoms with Crippen molar-refractivity contribution in [1.82, 2.24) is 5.32 Å². The number of hydrogen-bond acceptors (Lipinski definition) is 2. The van der Waals surface area contributed by atoms with E-state index in [1.807, 2.05) is 13.8 Å². The molecule has 5 heteroatoms. The average molecular weight is 268 g/mol. The van der Waals surface area contributed by atoms with E-state index in [2.05, 4.69) is 10.6 Å². The Kier molecular flexibility index (Phi) is 5.30. The van der Waals surface area contributed by atoms with E-state index >= 15 is 0 Å².